The molecular weight excluding hydrogens is 258 g/mol. The SMILES string of the molecule is CCNC(C)(C#N)CCCCSc1nnc(C)n1C. The molecule has 19 heavy (non-hydrogen) atoms. The number of rotatable bonds is 8. The highest BCUT2D eigenvalue weighted by Crippen LogP contribution is 2.19. The van der Waals surface area contributed by atoms with Crippen LogP contribution in [0.15, 0.2) is 5.16 Å². The van der Waals surface area contributed by atoms with Crippen LogP contribution in [0.2, 0.25) is 0 Å². The summed E-state index contributed by atoms with van der Waals surface area (Å²) >= 11 is 1.73. The molecule has 0 radical (unpaired) electrons. The van der Waals surface area contributed by atoms with Crippen molar-refractivity contribution >= 4 is 11.8 Å². The average molecular weight is 281 g/mol. The summed E-state index contributed by atoms with van der Waals surface area (Å²) in [5.41, 5.74) is -0.388. The van der Waals surface area contributed by atoms with Gasteiger partial charge < -0.3 is 4.57 Å². The monoisotopic (exact) mass is 281 g/mol. The average Bonchev–Trinajstić information content (AvgIpc) is 2.70. The number of thioether (sulfide) groups is 1. The summed E-state index contributed by atoms with van der Waals surface area (Å²) in [7, 11) is 1.98. The zero-order valence-corrected chi connectivity index (χ0v) is 13.0. The Morgan fingerprint density at radius 3 is 2.68 bits per heavy atom. The Kier molecular flexibility index (Phi) is 6.32. The van der Waals surface area contributed by atoms with Gasteiger partial charge in [0.2, 0.25) is 0 Å². The highest BCUT2D eigenvalue weighted by Gasteiger charge is 2.21. The van der Waals surface area contributed by atoms with Crippen LogP contribution in [0.25, 0.3) is 0 Å². The minimum absolute atomic E-state index is 0.388. The highest BCUT2D eigenvalue weighted by atomic mass is 32.2. The first-order valence-corrected chi connectivity index (χ1v) is 7.66. The molecule has 5 nitrogen and oxygen atoms in total. The quantitative estimate of drug-likeness (QED) is 0.585. The molecule has 1 aromatic rings. The van der Waals surface area contributed by atoms with E-state index in [1.165, 1.54) is 0 Å². The fourth-order valence-corrected chi connectivity index (χ4v) is 2.79. The smallest absolute Gasteiger partial charge is 0.190 e. The van der Waals surface area contributed by atoms with E-state index in [2.05, 4.69) is 21.6 Å². The van der Waals surface area contributed by atoms with Crippen LogP contribution in [0.4, 0.5) is 0 Å². The van der Waals surface area contributed by atoms with Crippen molar-refractivity contribution in [1.82, 2.24) is 20.1 Å². The molecule has 0 aliphatic rings. The maximum Gasteiger partial charge on any atom is 0.190 e. The normalized spacial score (nSPS) is 14.1. The highest BCUT2D eigenvalue weighted by molar-refractivity contribution is 7.99. The number of nitrogens with zero attached hydrogens (tertiary/aromatic N) is 4. The molecule has 0 saturated heterocycles. The van der Waals surface area contributed by atoms with E-state index in [-0.39, 0.29) is 5.54 Å². The third-order valence-corrected chi connectivity index (χ3v) is 4.28. The Morgan fingerprint density at radius 2 is 2.16 bits per heavy atom. The number of hydrogen-bond donors (Lipinski definition) is 1. The predicted octanol–water partition coefficient (Wildman–Crippen LogP) is 2.28. The molecule has 106 valence electrons. The molecular formula is C13H23N5S. The number of aromatic nitrogens is 3. The predicted molar refractivity (Wildman–Crippen MR) is 78.0 cm³/mol. The summed E-state index contributed by atoms with van der Waals surface area (Å²) in [6.07, 6.45) is 3.01. The lowest BCUT2D eigenvalue weighted by Crippen LogP contribution is -2.40. The molecule has 1 N–H and O–H groups in total. The first-order valence-electron chi connectivity index (χ1n) is 6.67. The number of hydrogen-bond acceptors (Lipinski definition) is 5. The molecule has 1 rings (SSSR count). The van der Waals surface area contributed by atoms with Crippen molar-refractivity contribution in [3.8, 4) is 6.07 Å². The van der Waals surface area contributed by atoms with E-state index in [9.17, 15) is 0 Å². The van der Waals surface area contributed by atoms with Gasteiger partial charge >= 0.3 is 0 Å². The largest absolute Gasteiger partial charge is 0.309 e. The summed E-state index contributed by atoms with van der Waals surface area (Å²) in [6.45, 7) is 6.78. The van der Waals surface area contributed by atoms with Crippen LogP contribution >= 0.6 is 11.8 Å². The molecule has 0 aromatic carbocycles. The van der Waals surface area contributed by atoms with Crippen LogP contribution in [-0.4, -0.2) is 32.6 Å². The van der Waals surface area contributed by atoms with Crippen LogP contribution in [0.3, 0.4) is 0 Å². The second-order valence-electron chi connectivity index (χ2n) is 4.87. The summed E-state index contributed by atoms with van der Waals surface area (Å²) < 4.78 is 2.00. The van der Waals surface area contributed by atoms with Crippen LogP contribution in [-0.2, 0) is 7.05 Å². The fraction of sp³-hybridized carbons (Fsp3) is 0.769. The van der Waals surface area contributed by atoms with Gasteiger partial charge in [0.25, 0.3) is 0 Å². The second kappa shape index (κ2) is 7.51. The number of nitriles is 1. The van der Waals surface area contributed by atoms with Crippen LogP contribution in [0.5, 0.6) is 0 Å². The number of nitrogens with one attached hydrogen (secondary N) is 1. The maximum absolute atomic E-state index is 9.15. The van der Waals surface area contributed by atoms with Crippen LogP contribution in [0.1, 0.15) is 38.9 Å². The topological polar surface area (TPSA) is 66.5 Å². The van der Waals surface area contributed by atoms with Crippen LogP contribution in [0, 0.1) is 18.3 Å². The van der Waals surface area contributed by atoms with Gasteiger partial charge in [0.15, 0.2) is 5.16 Å². The van der Waals surface area contributed by atoms with Crippen LogP contribution < -0.4 is 5.32 Å². The molecule has 0 aliphatic heterocycles. The van der Waals surface area contributed by atoms with E-state index in [1.54, 1.807) is 11.8 Å². The lowest BCUT2D eigenvalue weighted by atomic mass is 9.97. The molecule has 0 amide bonds. The van der Waals surface area contributed by atoms with E-state index in [1.807, 2.05) is 32.4 Å². The van der Waals surface area contributed by atoms with Crippen molar-refractivity contribution < 1.29 is 0 Å². The molecule has 0 aliphatic carbocycles. The van der Waals surface area contributed by atoms with Crippen molar-refractivity contribution in [3.63, 3.8) is 0 Å². The van der Waals surface area contributed by atoms with Gasteiger partial charge in [0, 0.05) is 12.8 Å². The minimum atomic E-state index is -0.388. The maximum atomic E-state index is 9.15. The third kappa shape index (κ3) is 4.84. The van der Waals surface area contributed by atoms with Gasteiger partial charge in [0.1, 0.15) is 11.4 Å². The van der Waals surface area contributed by atoms with Gasteiger partial charge in [-0.05, 0) is 39.7 Å². The Hall–Kier alpha value is -1.06. The van der Waals surface area contributed by atoms with E-state index in [4.69, 9.17) is 5.26 Å². The summed E-state index contributed by atoms with van der Waals surface area (Å²) in [4.78, 5) is 0. The first kappa shape index (κ1) is 16.0. The fourth-order valence-electron chi connectivity index (χ4n) is 1.83. The van der Waals surface area contributed by atoms with Crippen molar-refractivity contribution in [2.75, 3.05) is 12.3 Å². The second-order valence-corrected chi connectivity index (χ2v) is 5.93. The standard InChI is InChI=1S/C13H23N5S/c1-5-15-13(3,10-14)8-6-7-9-19-12-17-16-11(2)18(12)4/h15H,5-9H2,1-4H3. The summed E-state index contributed by atoms with van der Waals surface area (Å²) in [5.74, 6) is 1.95. The first-order chi connectivity index (χ1) is 9.02. The molecule has 1 aromatic heterocycles. The number of aryl methyl sites for hydroxylation is 1. The van der Waals surface area contributed by atoms with Crippen molar-refractivity contribution in [1.29, 1.82) is 5.26 Å². The lowest BCUT2D eigenvalue weighted by Gasteiger charge is -2.22. The van der Waals surface area contributed by atoms with Gasteiger partial charge in [-0.3, -0.25) is 5.32 Å². The van der Waals surface area contributed by atoms with Gasteiger partial charge in [-0.2, -0.15) is 5.26 Å². The minimum Gasteiger partial charge on any atom is -0.309 e. The van der Waals surface area contributed by atoms with Crippen molar-refractivity contribution in [2.24, 2.45) is 7.05 Å². The van der Waals surface area contributed by atoms with E-state index < -0.39 is 0 Å². The Labute approximate surface area is 119 Å². The van der Waals surface area contributed by atoms with Crippen molar-refractivity contribution in [3.05, 3.63) is 5.82 Å². The molecule has 1 heterocycles. The van der Waals surface area contributed by atoms with Gasteiger partial charge in [-0.1, -0.05) is 18.7 Å². The zero-order valence-electron chi connectivity index (χ0n) is 12.2. The molecule has 1 unspecified atom stereocenters. The molecule has 6 heteroatoms. The molecule has 1 atom stereocenters. The van der Waals surface area contributed by atoms with Gasteiger partial charge in [-0.15, -0.1) is 10.2 Å². The Morgan fingerprint density at radius 1 is 1.42 bits per heavy atom. The van der Waals surface area contributed by atoms with E-state index in [0.29, 0.717) is 0 Å². The number of unbranched alkanes of at least 4 members (excludes halogenated alkanes) is 1. The molecule has 0 spiro atoms. The third-order valence-electron chi connectivity index (χ3n) is 3.17. The van der Waals surface area contributed by atoms with Gasteiger partial charge in [-0.25, -0.2) is 0 Å². The molecule has 0 bridgehead atoms. The van der Waals surface area contributed by atoms with E-state index in [0.717, 1.165) is 42.5 Å². The lowest BCUT2D eigenvalue weighted by molar-refractivity contribution is 0.415. The molecule has 0 fully saturated rings. The van der Waals surface area contributed by atoms with E-state index >= 15 is 0 Å². The van der Waals surface area contributed by atoms with Gasteiger partial charge in [0.05, 0.1) is 6.07 Å². The Bertz CT molecular complexity index is 437. The zero-order chi connectivity index (χ0) is 14.3. The molecule has 0 saturated carbocycles. The summed E-state index contributed by atoms with van der Waals surface area (Å²) in [5, 5.41) is 21.5. The van der Waals surface area contributed by atoms with Crippen molar-refractivity contribution in [2.45, 2.75) is 50.7 Å². The summed E-state index contributed by atoms with van der Waals surface area (Å²) in [6, 6.07) is 2.36. The Balaban J connectivity index is 2.25.